The molecule has 3 aromatic rings. The number of thiazole rings is 1. The number of hydrogen-bond acceptors (Lipinski definition) is 5. The molecule has 0 unspecified atom stereocenters. The maximum atomic E-state index is 12.0. The summed E-state index contributed by atoms with van der Waals surface area (Å²) in [5.74, 6) is -0.186. The molecule has 2 aromatic heterocycles. The normalized spacial score (nSPS) is 10.7. The zero-order valence-corrected chi connectivity index (χ0v) is 13.3. The van der Waals surface area contributed by atoms with Crippen LogP contribution >= 0.6 is 11.3 Å². The molecule has 0 fully saturated rings. The van der Waals surface area contributed by atoms with Crippen LogP contribution in [0.1, 0.15) is 11.3 Å². The molecule has 1 N–H and O–H groups in total. The van der Waals surface area contributed by atoms with Crippen molar-refractivity contribution in [2.45, 2.75) is 20.0 Å². The zero-order chi connectivity index (χ0) is 16.2. The minimum Gasteiger partial charge on any atom is -0.350 e. The standard InChI is InChI=1S/C15H15N5O2S/c1-11-8-23-15(22)19(11)7-14(21)17-6-12-2-4-13(5-3-12)20-10-16-9-18-20/h2-5,8-10H,6-7H2,1H3,(H,17,21). The molecular formula is C15H15N5O2S. The molecule has 1 aromatic carbocycles. The van der Waals surface area contributed by atoms with E-state index in [2.05, 4.69) is 15.4 Å². The van der Waals surface area contributed by atoms with Gasteiger partial charge in [0.05, 0.1) is 5.69 Å². The Hall–Kier alpha value is -2.74. The van der Waals surface area contributed by atoms with Gasteiger partial charge in [0.25, 0.3) is 0 Å². The second kappa shape index (κ2) is 6.57. The molecule has 0 atom stereocenters. The van der Waals surface area contributed by atoms with Crippen LogP contribution < -0.4 is 10.2 Å². The lowest BCUT2D eigenvalue weighted by Gasteiger charge is -2.08. The second-order valence-corrected chi connectivity index (χ2v) is 5.83. The summed E-state index contributed by atoms with van der Waals surface area (Å²) < 4.78 is 3.13. The Morgan fingerprint density at radius 1 is 1.30 bits per heavy atom. The fourth-order valence-corrected chi connectivity index (χ4v) is 2.84. The summed E-state index contributed by atoms with van der Waals surface area (Å²) in [5, 5.41) is 8.62. The molecule has 7 nitrogen and oxygen atoms in total. The monoisotopic (exact) mass is 329 g/mol. The van der Waals surface area contributed by atoms with Gasteiger partial charge in [0.1, 0.15) is 19.2 Å². The van der Waals surface area contributed by atoms with E-state index in [-0.39, 0.29) is 17.3 Å². The minimum atomic E-state index is -0.186. The molecule has 23 heavy (non-hydrogen) atoms. The van der Waals surface area contributed by atoms with Crippen LogP contribution in [0.15, 0.2) is 47.1 Å². The Morgan fingerprint density at radius 2 is 2.09 bits per heavy atom. The van der Waals surface area contributed by atoms with Gasteiger partial charge in [0, 0.05) is 17.6 Å². The average molecular weight is 329 g/mol. The van der Waals surface area contributed by atoms with E-state index >= 15 is 0 Å². The van der Waals surface area contributed by atoms with Crippen LogP contribution in [0.25, 0.3) is 5.69 Å². The first-order valence-corrected chi connectivity index (χ1v) is 7.87. The van der Waals surface area contributed by atoms with Crippen molar-refractivity contribution >= 4 is 17.2 Å². The minimum absolute atomic E-state index is 0.0468. The highest BCUT2D eigenvalue weighted by Crippen LogP contribution is 2.08. The number of carbonyl (C=O) groups is 1. The number of hydrogen-bond donors (Lipinski definition) is 1. The van der Waals surface area contributed by atoms with E-state index in [0.717, 1.165) is 28.3 Å². The van der Waals surface area contributed by atoms with Crippen LogP contribution in [0.4, 0.5) is 0 Å². The zero-order valence-electron chi connectivity index (χ0n) is 12.5. The van der Waals surface area contributed by atoms with Crippen LogP contribution in [-0.2, 0) is 17.9 Å². The third kappa shape index (κ3) is 3.54. The Morgan fingerprint density at radius 3 is 2.70 bits per heavy atom. The molecule has 2 heterocycles. The van der Waals surface area contributed by atoms with E-state index in [1.54, 1.807) is 16.4 Å². The number of aromatic nitrogens is 4. The van der Waals surface area contributed by atoms with Crippen molar-refractivity contribution in [2.24, 2.45) is 0 Å². The van der Waals surface area contributed by atoms with Crippen LogP contribution in [0.5, 0.6) is 0 Å². The van der Waals surface area contributed by atoms with Crippen molar-refractivity contribution in [3.8, 4) is 5.69 Å². The maximum Gasteiger partial charge on any atom is 0.307 e. The van der Waals surface area contributed by atoms with Crippen LogP contribution in [0.2, 0.25) is 0 Å². The summed E-state index contributed by atoms with van der Waals surface area (Å²) in [6.07, 6.45) is 3.10. The van der Waals surface area contributed by atoms with Crippen molar-refractivity contribution in [3.63, 3.8) is 0 Å². The third-order valence-electron chi connectivity index (χ3n) is 3.39. The van der Waals surface area contributed by atoms with E-state index in [9.17, 15) is 9.59 Å². The molecule has 118 valence electrons. The number of rotatable bonds is 5. The van der Waals surface area contributed by atoms with E-state index in [4.69, 9.17) is 0 Å². The summed E-state index contributed by atoms with van der Waals surface area (Å²) >= 11 is 1.10. The fraction of sp³-hybridized carbons (Fsp3) is 0.200. The molecule has 0 bridgehead atoms. The molecule has 3 rings (SSSR count). The molecular weight excluding hydrogens is 314 g/mol. The topological polar surface area (TPSA) is 81.8 Å². The van der Waals surface area contributed by atoms with E-state index < -0.39 is 0 Å². The van der Waals surface area contributed by atoms with Gasteiger partial charge in [0.2, 0.25) is 5.91 Å². The molecule has 0 saturated heterocycles. The van der Waals surface area contributed by atoms with Crippen molar-refractivity contribution in [1.29, 1.82) is 0 Å². The first kappa shape index (κ1) is 15.2. The highest BCUT2D eigenvalue weighted by Gasteiger charge is 2.08. The predicted octanol–water partition coefficient (Wildman–Crippen LogP) is 1.12. The molecule has 0 aliphatic carbocycles. The molecule has 1 amide bonds. The predicted molar refractivity (Wildman–Crippen MR) is 86.5 cm³/mol. The van der Waals surface area contributed by atoms with Crippen LogP contribution in [0, 0.1) is 6.92 Å². The third-order valence-corrected chi connectivity index (χ3v) is 4.27. The van der Waals surface area contributed by atoms with Gasteiger partial charge in [-0.05, 0) is 24.6 Å². The summed E-state index contributed by atoms with van der Waals surface area (Å²) in [6.45, 7) is 2.27. The highest BCUT2D eigenvalue weighted by atomic mass is 32.1. The first-order valence-electron chi connectivity index (χ1n) is 6.99. The lowest BCUT2D eigenvalue weighted by atomic mass is 10.2. The van der Waals surface area contributed by atoms with Gasteiger partial charge in [-0.2, -0.15) is 5.10 Å². The van der Waals surface area contributed by atoms with Gasteiger partial charge < -0.3 is 5.32 Å². The summed E-state index contributed by atoms with van der Waals surface area (Å²) in [7, 11) is 0. The number of carbonyl (C=O) groups excluding carboxylic acids is 1. The van der Waals surface area contributed by atoms with Gasteiger partial charge in [0.15, 0.2) is 0 Å². The number of aryl methyl sites for hydroxylation is 1. The Bertz CT molecular complexity index is 849. The summed E-state index contributed by atoms with van der Waals surface area (Å²) in [4.78, 5) is 27.3. The molecule has 0 saturated carbocycles. The highest BCUT2D eigenvalue weighted by molar-refractivity contribution is 7.07. The molecule has 0 aliphatic rings. The molecule has 0 radical (unpaired) electrons. The molecule has 8 heteroatoms. The van der Waals surface area contributed by atoms with Crippen molar-refractivity contribution < 1.29 is 4.79 Å². The Labute approximate surface area is 136 Å². The number of nitrogens with zero attached hydrogens (tertiary/aromatic N) is 4. The summed E-state index contributed by atoms with van der Waals surface area (Å²) in [5.41, 5.74) is 2.67. The maximum absolute atomic E-state index is 12.0. The van der Waals surface area contributed by atoms with E-state index in [1.807, 2.05) is 31.2 Å². The van der Waals surface area contributed by atoms with E-state index in [0.29, 0.717) is 6.54 Å². The molecule has 0 aliphatic heterocycles. The molecule has 0 spiro atoms. The van der Waals surface area contributed by atoms with Gasteiger partial charge in [-0.15, -0.1) is 0 Å². The quantitative estimate of drug-likeness (QED) is 0.760. The van der Waals surface area contributed by atoms with Crippen LogP contribution in [-0.4, -0.2) is 25.2 Å². The van der Waals surface area contributed by atoms with Gasteiger partial charge >= 0.3 is 4.87 Å². The van der Waals surface area contributed by atoms with Crippen molar-refractivity contribution in [1.82, 2.24) is 24.6 Å². The Kier molecular flexibility index (Phi) is 4.33. The number of amides is 1. The number of nitrogens with one attached hydrogen (secondary N) is 1. The van der Waals surface area contributed by atoms with Crippen molar-refractivity contribution in [3.05, 3.63) is 63.2 Å². The Balaban J connectivity index is 1.58. The SMILES string of the molecule is Cc1csc(=O)n1CC(=O)NCc1ccc(-n2cncn2)cc1. The summed E-state index contributed by atoms with van der Waals surface area (Å²) in [6, 6.07) is 7.64. The van der Waals surface area contributed by atoms with Crippen LogP contribution in [0.3, 0.4) is 0 Å². The average Bonchev–Trinajstić information content (AvgIpc) is 3.19. The van der Waals surface area contributed by atoms with Gasteiger partial charge in [-0.25, -0.2) is 9.67 Å². The smallest absolute Gasteiger partial charge is 0.307 e. The number of benzene rings is 1. The fourth-order valence-electron chi connectivity index (χ4n) is 2.10. The van der Waals surface area contributed by atoms with E-state index in [1.165, 1.54) is 10.9 Å². The van der Waals surface area contributed by atoms with Gasteiger partial charge in [-0.3, -0.25) is 14.2 Å². The first-order chi connectivity index (χ1) is 11.1. The largest absolute Gasteiger partial charge is 0.350 e. The van der Waals surface area contributed by atoms with Gasteiger partial charge in [-0.1, -0.05) is 23.5 Å². The second-order valence-electron chi connectivity index (χ2n) is 5.01. The lowest BCUT2D eigenvalue weighted by Crippen LogP contribution is -2.30. The van der Waals surface area contributed by atoms with Crippen molar-refractivity contribution in [2.75, 3.05) is 0 Å². The lowest BCUT2D eigenvalue weighted by molar-refractivity contribution is -0.121.